The first-order valence-electron chi connectivity index (χ1n) is 3.35. The number of hydrogen-bond acceptors (Lipinski definition) is 3. The van der Waals surface area contributed by atoms with Crippen molar-refractivity contribution in [1.82, 2.24) is 0 Å². The van der Waals surface area contributed by atoms with Gasteiger partial charge in [0.15, 0.2) is 0 Å². The smallest absolute Gasteiger partial charge is 0.339 e. The van der Waals surface area contributed by atoms with Crippen LogP contribution in [0.5, 0.6) is 0 Å². The largest absolute Gasteiger partial charge is 0.465 e. The van der Waals surface area contributed by atoms with Crippen LogP contribution >= 0.6 is 37.6 Å². The molecule has 0 aromatic heterocycles. The molecule has 0 amide bonds. The van der Waals surface area contributed by atoms with E-state index in [2.05, 4.69) is 20.7 Å². The third-order valence-corrected chi connectivity index (χ3v) is 2.93. The van der Waals surface area contributed by atoms with Crippen molar-refractivity contribution in [3.8, 4) is 0 Å². The minimum Gasteiger partial charge on any atom is -0.465 e. The number of benzene rings is 1. The second-order valence-corrected chi connectivity index (χ2v) is 4.18. The molecule has 0 atom stereocenters. The number of methoxy groups -OCH3 is 1. The van der Waals surface area contributed by atoms with Crippen molar-refractivity contribution < 1.29 is 9.53 Å². The molecular formula is C8H6BrClO2S. The molecule has 0 N–H and O–H groups in total. The van der Waals surface area contributed by atoms with E-state index >= 15 is 0 Å². The van der Waals surface area contributed by atoms with Gasteiger partial charge in [-0.15, -0.1) is 0 Å². The second-order valence-electron chi connectivity index (χ2n) is 2.21. The van der Waals surface area contributed by atoms with E-state index in [1.54, 1.807) is 18.2 Å². The highest BCUT2D eigenvalue weighted by Crippen LogP contribution is 2.29. The van der Waals surface area contributed by atoms with E-state index in [4.69, 9.17) is 10.7 Å². The van der Waals surface area contributed by atoms with Gasteiger partial charge in [0.1, 0.15) is 0 Å². The molecule has 0 aliphatic heterocycles. The number of carbonyl (C=O) groups excluding carboxylic acids is 1. The summed E-state index contributed by atoms with van der Waals surface area (Å²) in [6, 6.07) is 5.20. The molecule has 2 nitrogen and oxygen atoms in total. The molecule has 0 saturated carbocycles. The Morgan fingerprint density at radius 1 is 1.62 bits per heavy atom. The molecule has 0 fully saturated rings. The van der Waals surface area contributed by atoms with E-state index < -0.39 is 0 Å². The summed E-state index contributed by atoms with van der Waals surface area (Å²) < 4.78 is 5.47. The molecule has 0 saturated heterocycles. The second kappa shape index (κ2) is 4.88. The highest BCUT2D eigenvalue weighted by molar-refractivity contribution is 9.10. The fraction of sp³-hybridized carbons (Fsp3) is 0.125. The van der Waals surface area contributed by atoms with E-state index in [0.29, 0.717) is 10.5 Å². The van der Waals surface area contributed by atoms with Crippen LogP contribution in [-0.4, -0.2) is 13.1 Å². The Morgan fingerprint density at radius 3 is 2.85 bits per heavy atom. The molecular weight excluding hydrogens is 276 g/mol. The van der Waals surface area contributed by atoms with Gasteiger partial charge in [-0.05, 0) is 39.9 Å². The molecule has 0 aliphatic rings. The molecule has 1 aromatic carbocycles. The number of carbonyl (C=O) groups is 1. The van der Waals surface area contributed by atoms with Crippen molar-refractivity contribution >= 4 is 43.6 Å². The molecule has 13 heavy (non-hydrogen) atoms. The predicted molar refractivity (Wildman–Crippen MR) is 57.2 cm³/mol. The van der Waals surface area contributed by atoms with Crippen LogP contribution in [0, 0.1) is 0 Å². The summed E-state index contributed by atoms with van der Waals surface area (Å²) in [6.45, 7) is 0. The normalized spacial score (nSPS) is 9.77. The van der Waals surface area contributed by atoms with Gasteiger partial charge < -0.3 is 4.74 Å². The number of halogens is 2. The van der Waals surface area contributed by atoms with E-state index in [0.717, 1.165) is 15.4 Å². The van der Waals surface area contributed by atoms with E-state index in [9.17, 15) is 4.79 Å². The van der Waals surface area contributed by atoms with Gasteiger partial charge >= 0.3 is 5.97 Å². The Hall–Kier alpha value is -0.190. The zero-order valence-corrected chi connectivity index (χ0v) is 9.87. The highest BCUT2D eigenvalue weighted by atomic mass is 79.9. The lowest BCUT2D eigenvalue weighted by molar-refractivity contribution is 0.0597. The first kappa shape index (κ1) is 10.9. The van der Waals surface area contributed by atoms with E-state index in [-0.39, 0.29) is 5.97 Å². The van der Waals surface area contributed by atoms with Crippen LogP contribution in [0.3, 0.4) is 0 Å². The predicted octanol–water partition coefficient (Wildman–Crippen LogP) is 3.48. The zero-order chi connectivity index (χ0) is 9.84. The summed E-state index contributed by atoms with van der Waals surface area (Å²) in [4.78, 5) is 11.9. The summed E-state index contributed by atoms with van der Waals surface area (Å²) >= 11 is 3.28. The Kier molecular flexibility index (Phi) is 4.09. The van der Waals surface area contributed by atoms with Crippen LogP contribution in [0.1, 0.15) is 10.4 Å². The Balaban J connectivity index is 3.13. The van der Waals surface area contributed by atoms with Gasteiger partial charge in [-0.1, -0.05) is 15.9 Å². The molecule has 5 heteroatoms. The molecule has 0 radical (unpaired) electrons. The Bertz CT molecular complexity index is 330. The molecule has 0 bridgehead atoms. The van der Waals surface area contributed by atoms with Gasteiger partial charge in [0, 0.05) is 9.37 Å². The first-order chi connectivity index (χ1) is 6.19. The number of rotatable bonds is 2. The van der Waals surface area contributed by atoms with Crippen LogP contribution in [0.15, 0.2) is 27.6 Å². The summed E-state index contributed by atoms with van der Waals surface area (Å²) in [5.41, 5.74) is 0.478. The van der Waals surface area contributed by atoms with Crippen molar-refractivity contribution in [3.63, 3.8) is 0 Å². The minimum atomic E-state index is -0.379. The van der Waals surface area contributed by atoms with E-state index in [1.165, 1.54) is 7.11 Å². The van der Waals surface area contributed by atoms with Gasteiger partial charge in [0.2, 0.25) is 0 Å². The number of hydrogen-bond donors (Lipinski definition) is 0. The van der Waals surface area contributed by atoms with Crippen LogP contribution in [-0.2, 0) is 4.74 Å². The third-order valence-electron chi connectivity index (χ3n) is 1.43. The maximum Gasteiger partial charge on any atom is 0.339 e. The summed E-state index contributed by atoms with van der Waals surface area (Å²) in [5, 5.41) is 0. The fourth-order valence-electron chi connectivity index (χ4n) is 0.839. The summed E-state index contributed by atoms with van der Waals surface area (Å²) in [7, 11) is 7.93. The molecule has 0 aliphatic carbocycles. The van der Waals surface area contributed by atoms with Crippen LogP contribution in [0.4, 0.5) is 0 Å². The highest BCUT2D eigenvalue weighted by Gasteiger charge is 2.11. The molecule has 0 heterocycles. The first-order valence-corrected chi connectivity index (χ1v) is 5.79. The van der Waals surface area contributed by atoms with Crippen LogP contribution < -0.4 is 0 Å². The van der Waals surface area contributed by atoms with Gasteiger partial charge in [0.25, 0.3) is 0 Å². The lowest BCUT2D eigenvalue weighted by Crippen LogP contribution is -2.02. The average Bonchev–Trinajstić information content (AvgIpc) is 2.16. The lowest BCUT2D eigenvalue weighted by atomic mass is 10.2. The summed E-state index contributed by atoms with van der Waals surface area (Å²) in [5.74, 6) is -0.379. The number of esters is 1. The Morgan fingerprint density at radius 2 is 2.31 bits per heavy atom. The minimum absolute atomic E-state index is 0.379. The fourth-order valence-corrected chi connectivity index (χ4v) is 2.14. The van der Waals surface area contributed by atoms with Crippen molar-refractivity contribution in [2.24, 2.45) is 0 Å². The van der Waals surface area contributed by atoms with Crippen molar-refractivity contribution in [1.29, 1.82) is 0 Å². The average molecular weight is 282 g/mol. The molecule has 1 rings (SSSR count). The molecule has 0 spiro atoms. The molecule has 0 unspecified atom stereocenters. The van der Waals surface area contributed by atoms with Crippen LogP contribution in [0.25, 0.3) is 0 Å². The van der Waals surface area contributed by atoms with Gasteiger partial charge in [-0.2, -0.15) is 0 Å². The quantitative estimate of drug-likeness (QED) is 0.776. The monoisotopic (exact) mass is 280 g/mol. The summed E-state index contributed by atoms with van der Waals surface area (Å²) in [6.07, 6.45) is 0. The Labute approximate surface area is 93.2 Å². The maximum absolute atomic E-state index is 11.2. The maximum atomic E-state index is 11.2. The van der Waals surface area contributed by atoms with Crippen molar-refractivity contribution in [2.45, 2.75) is 4.90 Å². The molecule has 70 valence electrons. The van der Waals surface area contributed by atoms with Crippen LogP contribution in [0.2, 0.25) is 0 Å². The van der Waals surface area contributed by atoms with Gasteiger partial charge in [0.05, 0.1) is 12.7 Å². The van der Waals surface area contributed by atoms with E-state index in [1.807, 2.05) is 0 Å². The SMILES string of the molecule is COC(=O)c1ccc(Br)cc1SCl. The topological polar surface area (TPSA) is 26.3 Å². The standard InChI is InChI=1S/C8H6BrClO2S/c1-12-8(11)6-3-2-5(9)4-7(6)13-10/h2-4H,1H3. The number of ether oxygens (including phenoxy) is 1. The lowest BCUT2D eigenvalue weighted by Gasteiger charge is -2.03. The zero-order valence-electron chi connectivity index (χ0n) is 6.71. The van der Waals surface area contributed by atoms with Gasteiger partial charge in [-0.3, -0.25) is 0 Å². The van der Waals surface area contributed by atoms with Crippen molar-refractivity contribution in [3.05, 3.63) is 28.2 Å². The molecule has 1 aromatic rings. The van der Waals surface area contributed by atoms with Crippen molar-refractivity contribution in [2.75, 3.05) is 7.11 Å². The van der Waals surface area contributed by atoms with Gasteiger partial charge in [-0.25, -0.2) is 4.79 Å². The third kappa shape index (κ3) is 2.62.